The minimum Gasteiger partial charge on any atom is -0.497 e. The molecule has 1 amide bonds. The predicted octanol–water partition coefficient (Wildman–Crippen LogP) is 3.39. The van der Waals surface area contributed by atoms with Gasteiger partial charge in [-0.3, -0.25) is 4.79 Å². The second kappa shape index (κ2) is 6.62. The van der Waals surface area contributed by atoms with Gasteiger partial charge >= 0.3 is 0 Å². The zero-order valence-corrected chi connectivity index (χ0v) is 13.9. The number of carbonyl (C=O) groups excluding carboxylic acids is 1. The van der Waals surface area contributed by atoms with Crippen LogP contribution in [-0.4, -0.2) is 43.7 Å². The number of likely N-dealkylation sites (tertiary alicyclic amines) is 1. The molecule has 3 rings (SSSR count). The Kier molecular flexibility index (Phi) is 4.57. The topological polar surface area (TPSA) is 51.9 Å². The van der Waals surface area contributed by atoms with Crippen molar-refractivity contribution in [2.45, 2.75) is 32.7 Å². The molecule has 5 nitrogen and oxygen atoms in total. The molecule has 124 valence electrons. The van der Waals surface area contributed by atoms with Gasteiger partial charge in [-0.05, 0) is 38.8 Å². The Balaban J connectivity index is 1.89. The summed E-state index contributed by atoms with van der Waals surface area (Å²) in [5.74, 6) is 1.11. The van der Waals surface area contributed by atoms with Crippen molar-refractivity contribution in [3.8, 4) is 5.75 Å². The first-order valence-electron chi connectivity index (χ1n) is 8.11. The number of methoxy groups -OCH3 is 1. The molecule has 1 atom stereocenters. The van der Waals surface area contributed by atoms with E-state index in [1.165, 1.54) is 0 Å². The lowest BCUT2D eigenvalue weighted by Crippen LogP contribution is -2.38. The average molecular weight is 317 g/mol. The second-order valence-corrected chi connectivity index (χ2v) is 5.87. The largest absolute Gasteiger partial charge is 0.497 e. The third kappa shape index (κ3) is 2.93. The molecule has 23 heavy (non-hydrogen) atoms. The van der Waals surface area contributed by atoms with Gasteiger partial charge in [0.1, 0.15) is 11.3 Å². The third-order valence-corrected chi connectivity index (χ3v) is 4.49. The van der Waals surface area contributed by atoms with E-state index in [4.69, 9.17) is 13.9 Å². The van der Waals surface area contributed by atoms with E-state index in [2.05, 4.69) is 0 Å². The molecule has 1 saturated heterocycles. The van der Waals surface area contributed by atoms with Crippen LogP contribution in [0.2, 0.25) is 0 Å². The van der Waals surface area contributed by atoms with Crippen LogP contribution in [0.1, 0.15) is 35.9 Å². The summed E-state index contributed by atoms with van der Waals surface area (Å²) < 4.78 is 16.6. The summed E-state index contributed by atoms with van der Waals surface area (Å²) >= 11 is 0. The molecule has 0 bridgehead atoms. The lowest BCUT2D eigenvalue weighted by atomic mass is 10.1. The van der Waals surface area contributed by atoms with Crippen molar-refractivity contribution >= 4 is 16.9 Å². The van der Waals surface area contributed by atoms with Gasteiger partial charge in [-0.2, -0.15) is 0 Å². The minimum absolute atomic E-state index is 0.0418. The highest BCUT2D eigenvalue weighted by molar-refractivity contribution is 5.99. The molecule has 2 heterocycles. The lowest BCUT2D eigenvalue weighted by Gasteiger charge is -2.23. The van der Waals surface area contributed by atoms with Gasteiger partial charge in [0.05, 0.1) is 19.8 Å². The molecule has 0 unspecified atom stereocenters. The first-order chi connectivity index (χ1) is 11.2. The van der Waals surface area contributed by atoms with Crippen molar-refractivity contribution in [1.29, 1.82) is 0 Å². The van der Waals surface area contributed by atoms with E-state index in [-0.39, 0.29) is 11.9 Å². The van der Waals surface area contributed by atoms with Gasteiger partial charge in [-0.25, -0.2) is 0 Å². The molecule has 0 spiro atoms. The molecule has 0 saturated carbocycles. The van der Waals surface area contributed by atoms with E-state index < -0.39 is 0 Å². The zero-order valence-electron chi connectivity index (χ0n) is 13.9. The molecule has 2 aromatic rings. The fourth-order valence-electron chi connectivity index (χ4n) is 3.20. The highest BCUT2D eigenvalue weighted by atomic mass is 16.5. The standard InChI is InChI=1S/C18H23NO4/c1-4-22-11-13-6-5-9-19(13)18(20)17-12(2)15-8-7-14(21-3)10-16(15)23-17/h7-8,10,13H,4-6,9,11H2,1-3H3/t13-/m1/s1. The van der Waals surface area contributed by atoms with Crippen LogP contribution in [0.5, 0.6) is 5.75 Å². The lowest BCUT2D eigenvalue weighted by molar-refractivity contribution is 0.0539. The number of nitrogens with zero attached hydrogens (tertiary/aromatic N) is 1. The zero-order chi connectivity index (χ0) is 16.4. The van der Waals surface area contributed by atoms with Crippen LogP contribution < -0.4 is 4.74 Å². The maximum atomic E-state index is 12.9. The molecule has 1 aliphatic rings. The summed E-state index contributed by atoms with van der Waals surface area (Å²) in [7, 11) is 1.62. The van der Waals surface area contributed by atoms with Crippen molar-refractivity contribution in [2.75, 3.05) is 26.9 Å². The maximum absolute atomic E-state index is 12.9. The van der Waals surface area contributed by atoms with Gasteiger partial charge < -0.3 is 18.8 Å². The third-order valence-electron chi connectivity index (χ3n) is 4.49. The van der Waals surface area contributed by atoms with Crippen molar-refractivity contribution in [1.82, 2.24) is 4.90 Å². The van der Waals surface area contributed by atoms with Crippen molar-refractivity contribution in [2.24, 2.45) is 0 Å². The molecule has 1 fully saturated rings. The Morgan fingerprint density at radius 1 is 1.43 bits per heavy atom. The molecule has 1 aliphatic heterocycles. The fourth-order valence-corrected chi connectivity index (χ4v) is 3.20. The first kappa shape index (κ1) is 15.9. The highest BCUT2D eigenvalue weighted by Crippen LogP contribution is 2.31. The van der Waals surface area contributed by atoms with Gasteiger partial charge in [0.25, 0.3) is 5.91 Å². The second-order valence-electron chi connectivity index (χ2n) is 5.87. The van der Waals surface area contributed by atoms with Crippen molar-refractivity contribution in [3.63, 3.8) is 0 Å². The van der Waals surface area contributed by atoms with E-state index in [1.54, 1.807) is 7.11 Å². The molecular weight excluding hydrogens is 294 g/mol. The van der Waals surface area contributed by atoms with Crippen LogP contribution in [0.25, 0.3) is 11.0 Å². The molecule has 0 radical (unpaired) electrons. The Labute approximate surface area is 136 Å². The summed E-state index contributed by atoms with van der Waals surface area (Å²) in [5, 5.41) is 0.953. The highest BCUT2D eigenvalue weighted by Gasteiger charge is 2.32. The Hall–Kier alpha value is -2.01. The molecule has 1 aromatic carbocycles. The molecule has 5 heteroatoms. The number of ether oxygens (including phenoxy) is 2. The smallest absolute Gasteiger partial charge is 0.290 e. The van der Waals surface area contributed by atoms with Crippen molar-refractivity contribution < 1.29 is 18.7 Å². The van der Waals surface area contributed by atoms with Crippen LogP contribution in [-0.2, 0) is 4.74 Å². The summed E-state index contributed by atoms with van der Waals surface area (Å²) in [6.07, 6.45) is 2.00. The molecule has 0 N–H and O–H groups in total. The van der Waals surface area contributed by atoms with Gasteiger partial charge in [-0.1, -0.05) is 0 Å². The minimum atomic E-state index is -0.0418. The number of amides is 1. The summed E-state index contributed by atoms with van der Waals surface area (Å²) in [6.45, 7) is 5.92. The van der Waals surface area contributed by atoms with Gasteiger partial charge in [-0.15, -0.1) is 0 Å². The number of hydrogen-bond donors (Lipinski definition) is 0. The normalized spacial score (nSPS) is 17.9. The predicted molar refractivity (Wildman–Crippen MR) is 88.1 cm³/mol. The number of rotatable bonds is 5. The number of hydrogen-bond acceptors (Lipinski definition) is 4. The van der Waals surface area contributed by atoms with Crippen LogP contribution in [0.3, 0.4) is 0 Å². The van der Waals surface area contributed by atoms with E-state index >= 15 is 0 Å². The maximum Gasteiger partial charge on any atom is 0.290 e. The number of carbonyl (C=O) groups is 1. The Morgan fingerprint density at radius 3 is 3.00 bits per heavy atom. The van der Waals surface area contributed by atoms with Crippen LogP contribution >= 0.6 is 0 Å². The molecular formula is C18H23NO4. The molecule has 1 aromatic heterocycles. The van der Waals surface area contributed by atoms with E-state index in [0.29, 0.717) is 24.6 Å². The average Bonchev–Trinajstić information content (AvgIpc) is 3.16. The summed E-state index contributed by atoms with van der Waals surface area (Å²) in [6, 6.07) is 5.78. The van der Waals surface area contributed by atoms with E-state index in [0.717, 1.165) is 36.1 Å². The SMILES string of the molecule is CCOC[C@H]1CCCN1C(=O)c1oc2cc(OC)ccc2c1C. The van der Waals surface area contributed by atoms with Crippen LogP contribution in [0.15, 0.2) is 22.6 Å². The van der Waals surface area contributed by atoms with Crippen LogP contribution in [0, 0.1) is 6.92 Å². The quantitative estimate of drug-likeness (QED) is 0.848. The fraction of sp³-hybridized carbons (Fsp3) is 0.500. The van der Waals surface area contributed by atoms with E-state index in [9.17, 15) is 4.79 Å². The summed E-state index contributed by atoms with van der Waals surface area (Å²) in [4.78, 5) is 14.8. The van der Waals surface area contributed by atoms with E-state index in [1.807, 2.05) is 36.9 Å². The van der Waals surface area contributed by atoms with Gasteiger partial charge in [0.15, 0.2) is 5.76 Å². The van der Waals surface area contributed by atoms with Crippen LogP contribution in [0.4, 0.5) is 0 Å². The van der Waals surface area contributed by atoms with Gasteiger partial charge in [0.2, 0.25) is 0 Å². The number of furan rings is 1. The monoisotopic (exact) mass is 317 g/mol. The summed E-state index contributed by atoms with van der Waals surface area (Å²) in [5.41, 5.74) is 1.57. The Morgan fingerprint density at radius 2 is 2.26 bits per heavy atom. The first-order valence-corrected chi connectivity index (χ1v) is 8.11. The Bertz CT molecular complexity index is 706. The van der Waals surface area contributed by atoms with Gasteiger partial charge in [0, 0.05) is 30.2 Å². The number of benzene rings is 1. The van der Waals surface area contributed by atoms with Crippen molar-refractivity contribution in [3.05, 3.63) is 29.5 Å². The molecule has 0 aliphatic carbocycles. The number of aryl methyl sites for hydroxylation is 1. The number of fused-ring (bicyclic) bond motifs is 1.